The number of imidazole rings is 1. The summed E-state index contributed by atoms with van der Waals surface area (Å²) in [5.74, 6) is 2.77. The summed E-state index contributed by atoms with van der Waals surface area (Å²) in [7, 11) is 0. The largest absolute Gasteiger partial charge is 0.433 e. The van der Waals surface area contributed by atoms with Gasteiger partial charge in [0, 0.05) is 12.5 Å². The number of alkyl halides is 3. The first-order valence-electron chi connectivity index (χ1n) is 9.97. The van der Waals surface area contributed by atoms with E-state index in [1.807, 2.05) is 0 Å². The van der Waals surface area contributed by atoms with Gasteiger partial charge in [0.25, 0.3) is 5.91 Å². The van der Waals surface area contributed by atoms with Crippen LogP contribution in [0, 0.1) is 24.6 Å². The van der Waals surface area contributed by atoms with Crippen LogP contribution in [0.1, 0.15) is 58.4 Å². The molecule has 2 atom stereocenters. The molecule has 174 valence electrons. The highest BCUT2D eigenvalue weighted by Gasteiger charge is 2.46. The van der Waals surface area contributed by atoms with Gasteiger partial charge in [-0.15, -0.1) is 0 Å². The third-order valence-corrected chi connectivity index (χ3v) is 5.66. The lowest BCUT2D eigenvalue weighted by molar-refractivity contribution is -0.144. The zero-order valence-corrected chi connectivity index (χ0v) is 17.7. The van der Waals surface area contributed by atoms with Gasteiger partial charge >= 0.3 is 6.18 Å². The molecule has 34 heavy (non-hydrogen) atoms. The lowest BCUT2D eigenvalue weighted by atomic mass is 9.86. The number of aliphatic hydroxyl groups is 1. The molecular formula is C22H15F4N5O3. The summed E-state index contributed by atoms with van der Waals surface area (Å²) in [5.41, 5.74) is 2.07. The second-order valence-corrected chi connectivity index (χ2v) is 8.16. The molecule has 2 aromatic heterocycles. The Bertz CT molecular complexity index is 1470. The number of rotatable bonds is 2. The van der Waals surface area contributed by atoms with Crippen LogP contribution in [0.3, 0.4) is 0 Å². The van der Waals surface area contributed by atoms with Gasteiger partial charge in [0.2, 0.25) is 11.7 Å². The smallest absolute Gasteiger partial charge is 0.371 e. The fourth-order valence-electron chi connectivity index (χ4n) is 4.04. The van der Waals surface area contributed by atoms with Crippen molar-refractivity contribution >= 4 is 11.5 Å². The molecule has 4 heterocycles. The first-order chi connectivity index (χ1) is 15.9. The molecule has 2 bridgehead atoms. The van der Waals surface area contributed by atoms with Crippen LogP contribution >= 0.6 is 0 Å². The van der Waals surface area contributed by atoms with Gasteiger partial charge in [-0.25, -0.2) is 9.37 Å². The molecule has 0 radical (unpaired) electrons. The molecule has 1 unspecified atom stereocenters. The van der Waals surface area contributed by atoms with Gasteiger partial charge in [0.05, 0.1) is 11.6 Å². The maximum absolute atomic E-state index is 14.9. The van der Waals surface area contributed by atoms with Crippen LogP contribution in [0.25, 0.3) is 17.0 Å². The molecule has 12 heteroatoms. The van der Waals surface area contributed by atoms with Crippen molar-refractivity contribution in [1.82, 2.24) is 19.7 Å². The number of aryl methyl sites for hydroxylation is 1. The van der Waals surface area contributed by atoms with Crippen LogP contribution in [0.4, 0.5) is 17.6 Å². The normalized spacial score (nSPS) is 17.9. The van der Waals surface area contributed by atoms with E-state index in [2.05, 4.69) is 27.0 Å². The van der Waals surface area contributed by atoms with Crippen LogP contribution in [0.15, 0.2) is 22.7 Å². The number of primary amides is 1. The molecule has 1 amide bonds. The predicted octanol–water partition coefficient (Wildman–Crippen LogP) is 3.10. The molecule has 2 aliphatic heterocycles. The minimum atomic E-state index is -4.90. The predicted molar refractivity (Wildman–Crippen MR) is 108 cm³/mol. The molecule has 1 aromatic carbocycles. The molecule has 3 aromatic rings. The topological polar surface area (TPSA) is 120 Å². The zero-order valence-electron chi connectivity index (χ0n) is 17.7. The summed E-state index contributed by atoms with van der Waals surface area (Å²) in [4.78, 5) is 19.6. The summed E-state index contributed by atoms with van der Waals surface area (Å²) in [6, 6.07) is 1.67. The highest BCUT2D eigenvalue weighted by molar-refractivity contribution is 5.94. The number of nitrogens with zero attached hydrogens (tertiary/aromatic N) is 4. The fraction of sp³-hybridized carbons (Fsp3) is 0.273. The van der Waals surface area contributed by atoms with Gasteiger partial charge < -0.3 is 19.9 Å². The molecule has 8 nitrogen and oxygen atoms in total. The molecule has 3 N–H and O–H groups in total. The van der Waals surface area contributed by atoms with E-state index in [4.69, 9.17) is 10.3 Å². The number of hydrogen-bond acceptors (Lipinski definition) is 6. The molecule has 1 aliphatic carbocycles. The number of nitrogens with two attached hydrogens (primary N) is 1. The summed E-state index contributed by atoms with van der Waals surface area (Å²) < 4.78 is 62.3. The fourth-order valence-corrected chi connectivity index (χ4v) is 4.04. The Morgan fingerprint density at radius 2 is 2.00 bits per heavy atom. The van der Waals surface area contributed by atoms with E-state index in [-0.39, 0.29) is 35.1 Å². The van der Waals surface area contributed by atoms with E-state index in [9.17, 15) is 27.5 Å². The molecule has 0 fully saturated rings. The van der Waals surface area contributed by atoms with Crippen LogP contribution < -0.4 is 5.73 Å². The quantitative estimate of drug-likeness (QED) is 0.436. The number of benzene rings is 1. The number of aromatic nitrogens is 4. The molecule has 3 aliphatic rings. The van der Waals surface area contributed by atoms with Gasteiger partial charge in [-0.2, -0.15) is 18.2 Å². The molecule has 0 spiro atoms. The summed E-state index contributed by atoms with van der Waals surface area (Å²) in [6.45, 7) is 2.80. The number of allylic oxidation sites excluding steroid dienone is 2. The average molecular weight is 473 g/mol. The van der Waals surface area contributed by atoms with Crippen molar-refractivity contribution in [1.29, 1.82) is 0 Å². The second kappa shape index (κ2) is 7.01. The van der Waals surface area contributed by atoms with Gasteiger partial charge in [0.1, 0.15) is 11.6 Å². The van der Waals surface area contributed by atoms with Crippen LogP contribution in [0.2, 0.25) is 0 Å². The van der Waals surface area contributed by atoms with Crippen molar-refractivity contribution in [2.75, 3.05) is 0 Å². The van der Waals surface area contributed by atoms with Crippen molar-refractivity contribution < 1.29 is 32.0 Å². The highest BCUT2D eigenvalue weighted by atomic mass is 19.4. The SMILES string of the molecule is Cc1nc([C@](C)(O)C#Cc2cc3c(cc2F)C2=CC(C2)n2c-3nc(C(N)=O)c2C(F)(F)F)no1. The number of halogens is 4. The Hall–Kier alpha value is -3.98. The zero-order chi connectivity index (χ0) is 24.6. The molecular weight excluding hydrogens is 458 g/mol. The lowest BCUT2D eigenvalue weighted by Crippen LogP contribution is -2.24. The molecule has 0 saturated heterocycles. The Labute approximate surface area is 189 Å². The van der Waals surface area contributed by atoms with E-state index < -0.39 is 40.9 Å². The molecule has 0 saturated carbocycles. The first kappa shape index (κ1) is 21.8. The Morgan fingerprint density at radius 1 is 1.29 bits per heavy atom. The van der Waals surface area contributed by atoms with Gasteiger partial charge in [-0.05, 0) is 36.6 Å². The van der Waals surface area contributed by atoms with Crippen molar-refractivity contribution in [3.05, 3.63) is 58.3 Å². The maximum atomic E-state index is 14.9. The molecule has 6 rings (SSSR count). The van der Waals surface area contributed by atoms with E-state index in [0.717, 1.165) is 10.6 Å². The van der Waals surface area contributed by atoms with Crippen molar-refractivity contribution in [3.8, 4) is 23.2 Å². The lowest BCUT2D eigenvalue weighted by Gasteiger charge is -2.27. The Balaban J connectivity index is 1.69. The average Bonchev–Trinajstić information content (AvgIpc) is 3.26. The van der Waals surface area contributed by atoms with Gasteiger partial charge in [0.15, 0.2) is 17.0 Å². The van der Waals surface area contributed by atoms with Crippen molar-refractivity contribution in [3.63, 3.8) is 0 Å². The van der Waals surface area contributed by atoms with E-state index in [0.29, 0.717) is 11.1 Å². The first-order valence-corrected chi connectivity index (χ1v) is 9.97. The second-order valence-electron chi connectivity index (χ2n) is 8.16. The van der Waals surface area contributed by atoms with Crippen molar-refractivity contribution in [2.24, 2.45) is 5.73 Å². The minimum Gasteiger partial charge on any atom is -0.371 e. The van der Waals surface area contributed by atoms with Crippen LogP contribution in [-0.2, 0) is 11.8 Å². The number of amides is 1. The Kier molecular flexibility index (Phi) is 4.50. The van der Waals surface area contributed by atoms with Crippen molar-refractivity contribution in [2.45, 2.75) is 38.1 Å². The summed E-state index contributed by atoms with van der Waals surface area (Å²) in [6.07, 6.45) is -3.13. The highest BCUT2D eigenvalue weighted by Crippen LogP contribution is 2.50. The monoisotopic (exact) mass is 473 g/mol. The number of hydrogen-bond donors (Lipinski definition) is 2. The number of carbonyl (C=O) groups excluding carboxylic acids is 1. The van der Waals surface area contributed by atoms with Crippen LogP contribution in [-0.4, -0.2) is 30.7 Å². The van der Waals surface area contributed by atoms with Gasteiger partial charge in [-0.1, -0.05) is 23.1 Å². The Morgan fingerprint density at radius 3 is 2.59 bits per heavy atom. The van der Waals surface area contributed by atoms with E-state index >= 15 is 0 Å². The maximum Gasteiger partial charge on any atom is 0.433 e. The number of carbonyl (C=O) groups is 1. The van der Waals surface area contributed by atoms with Gasteiger partial charge in [-0.3, -0.25) is 4.79 Å². The standard InChI is InChI=1S/C22H15F4N5O3/c1-9-28-20(30-34-9)21(2,33)4-3-10-7-14-13(8-15(10)23)11-5-12(6-11)31-17(22(24,25)26)16(18(27)32)29-19(14)31/h5,7-8,12,33H,6H2,1-2H3,(H2,27,32)/t12?,21-/m1/s1. The third kappa shape index (κ3) is 3.28. The third-order valence-electron chi connectivity index (χ3n) is 5.66. The minimum absolute atomic E-state index is 0.130. The summed E-state index contributed by atoms with van der Waals surface area (Å²) >= 11 is 0. The van der Waals surface area contributed by atoms with Crippen LogP contribution in [0.5, 0.6) is 0 Å². The summed E-state index contributed by atoms with van der Waals surface area (Å²) in [5, 5.41) is 14.1. The van der Waals surface area contributed by atoms with E-state index in [1.54, 1.807) is 6.08 Å². The van der Waals surface area contributed by atoms with E-state index in [1.165, 1.54) is 19.9 Å².